The third-order valence-electron chi connectivity index (χ3n) is 8.54. The van der Waals surface area contributed by atoms with Crippen molar-refractivity contribution in [1.29, 1.82) is 0 Å². The van der Waals surface area contributed by atoms with Crippen LogP contribution in [0.1, 0.15) is 113 Å². The van der Waals surface area contributed by atoms with E-state index in [4.69, 9.17) is 14.6 Å². The number of hydrogen-bond acceptors (Lipinski definition) is 14. The van der Waals surface area contributed by atoms with E-state index in [2.05, 4.69) is 20.9 Å². The lowest BCUT2D eigenvalue weighted by Gasteiger charge is -2.19. The molecular formula is C39H62N6O15. The highest BCUT2D eigenvalue weighted by atomic mass is 16.5. The monoisotopic (exact) mass is 854 g/mol. The van der Waals surface area contributed by atoms with Gasteiger partial charge in [0.25, 0.3) is 17.7 Å². The molecule has 60 heavy (non-hydrogen) atoms. The molecule has 0 aliphatic carbocycles. The van der Waals surface area contributed by atoms with Crippen LogP contribution in [0.25, 0.3) is 0 Å². The number of aliphatic hydroxyl groups excluding tert-OH is 1. The van der Waals surface area contributed by atoms with Crippen molar-refractivity contribution in [1.82, 2.24) is 26.1 Å². The normalized spacial score (nSPS) is 13.8. The van der Waals surface area contributed by atoms with E-state index >= 15 is 0 Å². The summed E-state index contributed by atoms with van der Waals surface area (Å²) in [5, 5.41) is 47.6. The van der Waals surface area contributed by atoms with Crippen molar-refractivity contribution >= 4 is 59.1 Å². The summed E-state index contributed by atoms with van der Waals surface area (Å²) in [7, 11) is 0. The highest BCUT2D eigenvalue weighted by molar-refractivity contribution is 5.96. The molecular weight excluding hydrogens is 792 g/mol. The van der Waals surface area contributed by atoms with Crippen LogP contribution < -0.4 is 16.0 Å². The zero-order valence-electron chi connectivity index (χ0n) is 35.5. The van der Waals surface area contributed by atoms with E-state index in [0.29, 0.717) is 22.1 Å². The van der Waals surface area contributed by atoms with Crippen molar-refractivity contribution in [3.63, 3.8) is 0 Å². The summed E-state index contributed by atoms with van der Waals surface area (Å²) in [5.41, 5.74) is 1.44. The second-order valence-electron chi connectivity index (χ2n) is 14.1. The minimum atomic E-state index is -1.52. The number of nitrogens with zero attached hydrogens (tertiary/aromatic N) is 3. The van der Waals surface area contributed by atoms with Crippen molar-refractivity contribution in [2.45, 2.75) is 137 Å². The minimum Gasteiger partial charge on any atom is -0.480 e. The molecule has 7 N–H and O–H groups in total. The van der Waals surface area contributed by atoms with Gasteiger partial charge in [-0.1, -0.05) is 18.1 Å². The molecule has 0 saturated carbocycles. The Kier molecular flexibility index (Phi) is 26.9. The van der Waals surface area contributed by atoms with E-state index in [9.17, 15) is 58.7 Å². The lowest BCUT2D eigenvalue weighted by Crippen LogP contribution is -2.41. The maximum absolute atomic E-state index is 12.7. The van der Waals surface area contributed by atoms with Gasteiger partial charge < -0.3 is 35.6 Å². The second-order valence-corrected chi connectivity index (χ2v) is 14.1. The molecule has 21 nitrogen and oxygen atoms in total. The molecule has 0 bridgehead atoms. The highest BCUT2D eigenvalue weighted by Crippen LogP contribution is 2.10. The van der Waals surface area contributed by atoms with Crippen molar-refractivity contribution in [2.24, 2.45) is 4.99 Å². The molecule has 0 radical (unpaired) electrons. The largest absolute Gasteiger partial charge is 0.480 e. The number of amides is 6. The van der Waals surface area contributed by atoms with Gasteiger partial charge >= 0.3 is 17.9 Å². The first-order valence-electron chi connectivity index (χ1n) is 19.6. The number of carbonyl (C=O) groups is 9. The first-order valence-corrected chi connectivity index (χ1v) is 19.6. The van der Waals surface area contributed by atoms with Gasteiger partial charge in [0.1, 0.15) is 24.2 Å². The van der Waals surface area contributed by atoms with Crippen LogP contribution in [-0.2, 0) is 52.6 Å². The number of aliphatic carboxylic acids is 1. The fourth-order valence-electron chi connectivity index (χ4n) is 5.12. The van der Waals surface area contributed by atoms with Gasteiger partial charge in [0.05, 0.1) is 13.2 Å². The summed E-state index contributed by atoms with van der Waals surface area (Å²) >= 11 is 0. The van der Waals surface area contributed by atoms with Crippen LogP contribution in [0.15, 0.2) is 28.3 Å². The average Bonchev–Trinajstić information content (AvgIpc) is 3.15. The third kappa shape index (κ3) is 25.1. The predicted octanol–water partition coefficient (Wildman–Crippen LogP) is 1.27. The van der Waals surface area contributed by atoms with E-state index in [1.54, 1.807) is 13.8 Å². The highest BCUT2D eigenvalue weighted by Gasteiger charge is 2.24. The van der Waals surface area contributed by atoms with Crippen LogP contribution >= 0.6 is 0 Å². The Morgan fingerprint density at radius 1 is 0.617 bits per heavy atom. The fourth-order valence-corrected chi connectivity index (χ4v) is 5.12. The van der Waals surface area contributed by atoms with Gasteiger partial charge in [-0.25, -0.2) is 29.5 Å². The summed E-state index contributed by atoms with van der Waals surface area (Å²) in [4.78, 5) is 112. The predicted molar refractivity (Wildman–Crippen MR) is 213 cm³/mol. The molecule has 0 aliphatic rings. The summed E-state index contributed by atoms with van der Waals surface area (Å²) in [6.07, 6.45) is 1.92. The number of esters is 2. The van der Waals surface area contributed by atoms with Crippen LogP contribution in [0.4, 0.5) is 0 Å². The van der Waals surface area contributed by atoms with E-state index in [1.165, 1.54) is 33.8 Å². The Morgan fingerprint density at radius 3 is 1.47 bits per heavy atom. The zero-order chi connectivity index (χ0) is 45.9. The summed E-state index contributed by atoms with van der Waals surface area (Å²) < 4.78 is 10.5. The maximum Gasteiger partial charge on any atom is 0.328 e. The van der Waals surface area contributed by atoms with Gasteiger partial charge in [0.2, 0.25) is 17.7 Å². The molecule has 0 aromatic rings. The van der Waals surface area contributed by atoms with Crippen molar-refractivity contribution in [2.75, 3.05) is 26.3 Å². The summed E-state index contributed by atoms with van der Waals surface area (Å²) in [6.45, 7) is 9.51. The van der Waals surface area contributed by atoms with E-state index in [0.717, 1.165) is 11.6 Å². The quantitative estimate of drug-likeness (QED) is 0.0192. The van der Waals surface area contributed by atoms with Crippen LogP contribution in [0.2, 0.25) is 0 Å². The lowest BCUT2D eigenvalue weighted by molar-refractivity contribution is -0.160. The van der Waals surface area contributed by atoms with Gasteiger partial charge in [0, 0.05) is 64.6 Å². The summed E-state index contributed by atoms with van der Waals surface area (Å²) in [6, 6.07) is -3.35. The molecule has 338 valence electrons. The lowest BCUT2D eigenvalue weighted by atomic mass is 10.1. The number of aliphatic imine (C=N–C) groups is 1. The average molecular weight is 855 g/mol. The number of allylic oxidation sites excluding steroid dienone is 1. The molecule has 4 atom stereocenters. The van der Waals surface area contributed by atoms with E-state index in [1.807, 2.05) is 6.92 Å². The molecule has 0 rings (SSSR count). The van der Waals surface area contributed by atoms with Gasteiger partial charge in [0.15, 0.2) is 0 Å². The Bertz CT molecular complexity index is 1590. The molecule has 0 saturated heterocycles. The first kappa shape index (κ1) is 54.5. The summed E-state index contributed by atoms with van der Waals surface area (Å²) in [5.74, 6) is -6.67. The van der Waals surface area contributed by atoms with Crippen molar-refractivity contribution < 1.29 is 73.3 Å². The molecule has 0 fully saturated rings. The number of carboxylic acid groups (broad SMARTS) is 1. The van der Waals surface area contributed by atoms with Crippen LogP contribution in [-0.4, -0.2) is 140 Å². The number of rotatable bonds is 28. The number of carboxylic acids is 1. The Balaban J connectivity index is 4.92. The van der Waals surface area contributed by atoms with Gasteiger partial charge in [-0.15, -0.1) is 0 Å². The van der Waals surface area contributed by atoms with E-state index < -0.39 is 77.6 Å². The smallest absolute Gasteiger partial charge is 0.328 e. The van der Waals surface area contributed by atoms with Crippen molar-refractivity contribution in [3.8, 4) is 0 Å². The van der Waals surface area contributed by atoms with Crippen molar-refractivity contribution in [3.05, 3.63) is 23.3 Å². The SMILES string of the molecule is CC/C(C)=C/C(=O)N(O)CCCC(NC(C)=O)C(=O)OCC/C(C)=C/C(=O)N(O)CCCC(NC(C)=O)C(=O)OCCC(C)=NC(=O)C(O)CCCC(NC(C)=O)C(=O)O. The number of carbonyl (C=O) groups excluding carboxylic acids is 8. The third-order valence-corrected chi connectivity index (χ3v) is 8.54. The molecule has 0 aliphatic heterocycles. The number of nitrogens with one attached hydrogen (secondary N) is 3. The molecule has 0 aromatic heterocycles. The van der Waals surface area contributed by atoms with Gasteiger partial charge in [-0.05, 0) is 72.1 Å². The Labute approximate surface area is 349 Å². The number of hydroxylamine groups is 4. The Morgan fingerprint density at radius 2 is 1.03 bits per heavy atom. The van der Waals surface area contributed by atoms with Gasteiger partial charge in [-0.3, -0.25) is 39.2 Å². The minimum absolute atomic E-state index is 0.00413. The number of hydrogen-bond donors (Lipinski definition) is 7. The molecule has 6 amide bonds. The zero-order valence-corrected chi connectivity index (χ0v) is 35.5. The Hall–Kier alpha value is -5.54. The first-order chi connectivity index (χ1) is 28.1. The molecule has 0 heterocycles. The van der Waals surface area contributed by atoms with Crippen LogP contribution in [0.3, 0.4) is 0 Å². The maximum atomic E-state index is 12.7. The molecule has 21 heteroatoms. The molecule has 0 spiro atoms. The number of aliphatic hydroxyl groups is 1. The van der Waals surface area contributed by atoms with Gasteiger partial charge in [-0.2, -0.15) is 0 Å². The fraction of sp³-hybridized carbons (Fsp3) is 0.641. The standard InChI is InChI=1S/C39H62N6O15/c1-8-24(2)22-34(50)44(57)18-10-13-31(42-28(6)47)38(55)59-20-16-25(3)23-35(51)45(58)19-11-14-32(43-29(7)48)39(56)60-21-17-26(4)40-36(52)33(49)15-9-12-30(37(53)54)41-27(5)46/h22-23,30-33,49,57-58H,8-21H2,1-7H3,(H,41,46)(H,42,47)(H,43,48)(H,53,54)/b24-22+,25-23+,40-26?. The van der Waals surface area contributed by atoms with Crippen LogP contribution in [0, 0.1) is 0 Å². The number of ether oxygens (including phenoxy) is 2. The molecule has 0 aromatic carbocycles. The molecule has 4 unspecified atom stereocenters. The van der Waals surface area contributed by atoms with E-state index in [-0.39, 0.29) is 89.8 Å². The topological polar surface area (TPSA) is 308 Å². The second kappa shape index (κ2) is 29.6. The van der Waals surface area contributed by atoms with Crippen LogP contribution in [0.5, 0.6) is 0 Å².